The number of rotatable bonds is 4. The van der Waals surface area contributed by atoms with Crippen LogP contribution in [0.3, 0.4) is 0 Å². The molecule has 1 N–H and O–H groups in total. The molecule has 0 atom stereocenters. The van der Waals surface area contributed by atoms with E-state index in [4.69, 9.17) is 9.15 Å². The fourth-order valence-corrected chi connectivity index (χ4v) is 1.66. The minimum atomic E-state index is -0.238. The van der Waals surface area contributed by atoms with Crippen molar-refractivity contribution in [3.05, 3.63) is 53.0 Å². The molecule has 0 bridgehead atoms. The highest BCUT2D eigenvalue weighted by Gasteiger charge is 2.09. The molecule has 1 aromatic heterocycles. The van der Waals surface area contributed by atoms with E-state index in [2.05, 4.69) is 12.2 Å². The van der Waals surface area contributed by atoms with Crippen LogP contribution in [0.15, 0.2) is 34.7 Å². The van der Waals surface area contributed by atoms with Crippen molar-refractivity contribution in [2.45, 2.75) is 20.5 Å². The molecule has 2 aromatic rings. The van der Waals surface area contributed by atoms with Crippen molar-refractivity contribution in [3.63, 3.8) is 0 Å². The molecule has 0 aliphatic rings. The third kappa shape index (κ3) is 3.16. The number of nitrogens with one attached hydrogen (secondary N) is 1. The first kappa shape index (κ1) is 13.2. The van der Waals surface area contributed by atoms with Gasteiger partial charge in [0.25, 0.3) is 5.91 Å². The van der Waals surface area contributed by atoms with Gasteiger partial charge in [0.1, 0.15) is 18.1 Å². The fraction of sp³-hybridized carbons (Fsp3) is 0.267. The second kappa shape index (κ2) is 5.61. The van der Waals surface area contributed by atoms with Gasteiger partial charge in [0.05, 0.1) is 0 Å². The van der Waals surface area contributed by atoms with Crippen molar-refractivity contribution in [1.82, 2.24) is 5.32 Å². The van der Waals surface area contributed by atoms with Crippen LogP contribution in [-0.2, 0) is 6.61 Å². The molecule has 0 saturated heterocycles. The van der Waals surface area contributed by atoms with Crippen LogP contribution >= 0.6 is 0 Å². The summed E-state index contributed by atoms with van der Waals surface area (Å²) in [6.45, 7) is 4.40. The van der Waals surface area contributed by atoms with E-state index in [1.165, 1.54) is 11.1 Å². The third-order valence-electron chi connectivity index (χ3n) is 2.97. The zero-order valence-electron chi connectivity index (χ0n) is 11.3. The molecule has 0 unspecified atom stereocenters. The molecule has 100 valence electrons. The van der Waals surface area contributed by atoms with Crippen LogP contribution in [0.25, 0.3) is 0 Å². The fourth-order valence-electron chi connectivity index (χ4n) is 1.66. The summed E-state index contributed by atoms with van der Waals surface area (Å²) in [6.07, 6.45) is 0. The Labute approximate surface area is 112 Å². The van der Waals surface area contributed by atoms with Gasteiger partial charge in [-0.25, -0.2) is 0 Å². The van der Waals surface area contributed by atoms with Gasteiger partial charge >= 0.3 is 0 Å². The van der Waals surface area contributed by atoms with E-state index in [-0.39, 0.29) is 5.91 Å². The second-order valence-corrected chi connectivity index (χ2v) is 4.38. The van der Waals surface area contributed by atoms with Crippen LogP contribution < -0.4 is 10.1 Å². The normalized spacial score (nSPS) is 10.3. The minimum Gasteiger partial charge on any atom is -0.486 e. The molecule has 1 heterocycles. The summed E-state index contributed by atoms with van der Waals surface area (Å²) in [5.74, 6) is 1.47. The number of amides is 1. The molecular formula is C15H17NO3. The van der Waals surface area contributed by atoms with Gasteiger partial charge in [-0.15, -0.1) is 0 Å². The van der Waals surface area contributed by atoms with E-state index < -0.39 is 0 Å². The van der Waals surface area contributed by atoms with Crippen molar-refractivity contribution in [1.29, 1.82) is 0 Å². The van der Waals surface area contributed by atoms with Crippen LogP contribution in [0.1, 0.15) is 27.4 Å². The van der Waals surface area contributed by atoms with Crippen molar-refractivity contribution < 1.29 is 13.9 Å². The topological polar surface area (TPSA) is 51.5 Å². The molecule has 19 heavy (non-hydrogen) atoms. The van der Waals surface area contributed by atoms with E-state index in [1.807, 2.05) is 25.1 Å². The third-order valence-corrected chi connectivity index (χ3v) is 2.97. The lowest BCUT2D eigenvalue weighted by Gasteiger charge is -2.06. The molecule has 0 aliphatic heterocycles. The Morgan fingerprint density at radius 3 is 2.68 bits per heavy atom. The smallest absolute Gasteiger partial charge is 0.286 e. The standard InChI is InChI=1S/C15H17NO3/c1-10-4-5-12(8-11(10)2)18-9-13-6-7-14(19-13)15(17)16-3/h4-8H,9H2,1-3H3,(H,16,17). The van der Waals surface area contributed by atoms with Gasteiger partial charge in [0.2, 0.25) is 0 Å². The van der Waals surface area contributed by atoms with Crippen LogP contribution in [0.4, 0.5) is 0 Å². The Balaban J connectivity index is 2.00. The quantitative estimate of drug-likeness (QED) is 0.918. The molecule has 0 radical (unpaired) electrons. The zero-order valence-corrected chi connectivity index (χ0v) is 11.3. The molecule has 0 saturated carbocycles. The number of hydrogen-bond donors (Lipinski definition) is 1. The molecule has 1 aromatic carbocycles. The van der Waals surface area contributed by atoms with Gasteiger partial charge < -0.3 is 14.5 Å². The van der Waals surface area contributed by atoms with E-state index in [0.717, 1.165) is 5.75 Å². The molecule has 0 spiro atoms. The van der Waals surface area contributed by atoms with Crippen molar-refractivity contribution in [2.24, 2.45) is 0 Å². The van der Waals surface area contributed by atoms with E-state index in [9.17, 15) is 4.79 Å². The number of ether oxygens (including phenoxy) is 1. The van der Waals surface area contributed by atoms with E-state index >= 15 is 0 Å². The van der Waals surface area contributed by atoms with Gasteiger partial charge in [-0.1, -0.05) is 6.07 Å². The maximum atomic E-state index is 11.3. The van der Waals surface area contributed by atoms with Gasteiger partial charge in [-0.05, 0) is 49.2 Å². The Morgan fingerprint density at radius 1 is 1.21 bits per heavy atom. The van der Waals surface area contributed by atoms with Crippen LogP contribution in [0.5, 0.6) is 5.75 Å². The Kier molecular flexibility index (Phi) is 3.90. The Bertz CT molecular complexity index is 587. The van der Waals surface area contributed by atoms with Gasteiger partial charge in [-0.2, -0.15) is 0 Å². The first-order chi connectivity index (χ1) is 9.10. The highest BCUT2D eigenvalue weighted by atomic mass is 16.5. The predicted molar refractivity (Wildman–Crippen MR) is 72.3 cm³/mol. The van der Waals surface area contributed by atoms with Gasteiger partial charge in [-0.3, -0.25) is 4.79 Å². The van der Waals surface area contributed by atoms with Crippen molar-refractivity contribution in [3.8, 4) is 5.75 Å². The SMILES string of the molecule is CNC(=O)c1ccc(COc2ccc(C)c(C)c2)o1. The zero-order chi connectivity index (χ0) is 13.8. The second-order valence-electron chi connectivity index (χ2n) is 4.38. The summed E-state index contributed by atoms with van der Waals surface area (Å²) in [5.41, 5.74) is 2.41. The molecule has 4 heteroatoms. The van der Waals surface area contributed by atoms with Crippen LogP contribution in [0.2, 0.25) is 0 Å². The maximum absolute atomic E-state index is 11.3. The Hall–Kier alpha value is -2.23. The van der Waals surface area contributed by atoms with E-state index in [0.29, 0.717) is 18.1 Å². The monoisotopic (exact) mass is 259 g/mol. The van der Waals surface area contributed by atoms with Gasteiger partial charge in [0, 0.05) is 7.05 Å². The lowest BCUT2D eigenvalue weighted by atomic mass is 10.1. The summed E-state index contributed by atoms with van der Waals surface area (Å²) in [7, 11) is 1.57. The number of carbonyl (C=O) groups is 1. The molecule has 0 aliphatic carbocycles. The summed E-state index contributed by atoms with van der Waals surface area (Å²) in [4.78, 5) is 11.3. The van der Waals surface area contributed by atoms with Crippen LogP contribution in [0, 0.1) is 13.8 Å². The highest BCUT2D eigenvalue weighted by Crippen LogP contribution is 2.18. The number of furan rings is 1. The number of hydrogen-bond acceptors (Lipinski definition) is 3. The predicted octanol–water partition coefficient (Wildman–Crippen LogP) is 2.84. The number of carbonyl (C=O) groups excluding carboxylic acids is 1. The Morgan fingerprint density at radius 2 is 2.00 bits per heavy atom. The molecule has 2 rings (SSSR count). The summed E-state index contributed by atoms with van der Waals surface area (Å²) in [6, 6.07) is 9.30. The molecule has 4 nitrogen and oxygen atoms in total. The first-order valence-electron chi connectivity index (χ1n) is 6.11. The number of benzene rings is 1. The van der Waals surface area contributed by atoms with Crippen molar-refractivity contribution in [2.75, 3.05) is 7.05 Å². The average Bonchev–Trinajstić information content (AvgIpc) is 2.88. The molecule has 1 amide bonds. The largest absolute Gasteiger partial charge is 0.486 e. The van der Waals surface area contributed by atoms with Gasteiger partial charge in [0.15, 0.2) is 5.76 Å². The summed E-state index contributed by atoms with van der Waals surface area (Å²) < 4.78 is 11.0. The minimum absolute atomic E-state index is 0.238. The van der Waals surface area contributed by atoms with Crippen LogP contribution in [-0.4, -0.2) is 13.0 Å². The van der Waals surface area contributed by atoms with Crippen molar-refractivity contribution >= 4 is 5.91 Å². The molecule has 0 fully saturated rings. The summed E-state index contributed by atoms with van der Waals surface area (Å²) >= 11 is 0. The van der Waals surface area contributed by atoms with E-state index in [1.54, 1.807) is 19.2 Å². The average molecular weight is 259 g/mol. The first-order valence-corrected chi connectivity index (χ1v) is 6.11. The lowest BCUT2D eigenvalue weighted by molar-refractivity contribution is 0.0931. The maximum Gasteiger partial charge on any atom is 0.286 e. The lowest BCUT2D eigenvalue weighted by Crippen LogP contribution is -2.16. The number of aryl methyl sites for hydroxylation is 2. The highest BCUT2D eigenvalue weighted by molar-refractivity contribution is 5.91. The summed E-state index contributed by atoms with van der Waals surface area (Å²) in [5, 5.41) is 2.51. The molecular weight excluding hydrogens is 242 g/mol.